The molecule has 0 radical (unpaired) electrons. The molecule has 3 atom stereocenters. The van der Waals surface area contributed by atoms with Gasteiger partial charge in [0, 0.05) is 12.6 Å². The molecule has 0 saturated heterocycles. The van der Waals surface area contributed by atoms with E-state index in [1.54, 1.807) is 4.90 Å². The highest BCUT2D eigenvalue weighted by atomic mass is 16.4. The van der Waals surface area contributed by atoms with Crippen LogP contribution in [0.4, 0.5) is 0 Å². The maximum Gasteiger partial charge on any atom is 0.307 e. The number of carboxylic acid groups (broad SMARTS) is 1. The van der Waals surface area contributed by atoms with Gasteiger partial charge in [-0.3, -0.25) is 9.59 Å². The van der Waals surface area contributed by atoms with Crippen molar-refractivity contribution in [2.45, 2.75) is 38.6 Å². The van der Waals surface area contributed by atoms with Crippen LogP contribution in [0.15, 0.2) is 0 Å². The molecule has 2 N–H and O–H groups in total. The molecule has 2 aliphatic rings. The Morgan fingerprint density at radius 3 is 2.33 bits per heavy atom. The van der Waals surface area contributed by atoms with Crippen LogP contribution in [0.3, 0.4) is 0 Å². The third kappa shape index (κ3) is 2.66. The Hall–Kier alpha value is -1.10. The monoisotopic (exact) mass is 255 g/mol. The molecule has 0 aromatic carbocycles. The fourth-order valence-electron chi connectivity index (χ4n) is 3.02. The maximum absolute atomic E-state index is 12.4. The molecule has 0 aromatic heterocycles. The summed E-state index contributed by atoms with van der Waals surface area (Å²) >= 11 is 0. The summed E-state index contributed by atoms with van der Waals surface area (Å²) in [4.78, 5) is 25.3. The van der Waals surface area contributed by atoms with Crippen molar-refractivity contribution in [1.29, 1.82) is 0 Å². The molecule has 1 amide bonds. The minimum atomic E-state index is -0.863. The van der Waals surface area contributed by atoms with Crippen molar-refractivity contribution in [3.05, 3.63) is 0 Å². The summed E-state index contributed by atoms with van der Waals surface area (Å²) in [6.45, 7) is 2.28. The van der Waals surface area contributed by atoms with Crippen LogP contribution in [-0.2, 0) is 9.59 Å². The largest absolute Gasteiger partial charge is 0.481 e. The van der Waals surface area contributed by atoms with Gasteiger partial charge in [-0.25, -0.2) is 0 Å². The number of aliphatic carboxylic acids is 1. The summed E-state index contributed by atoms with van der Waals surface area (Å²) in [5, 5.41) is 18.2. The predicted molar refractivity (Wildman–Crippen MR) is 64.8 cm³/mol. The van der Waals surface area contributed by atoms with Gasteiger partial charge in [0.15, 0.2) is 0 Å². The van der Waals surface area contributed by atoms with E-state index in [1.165, 1.54) is 0 Å². The van der Waals surface area contributed by atoms with Crippen molar-refractivity contribution in [3.63, 3.8) is 0 Å². The molecule has 0 spiro atoms. The van der Waals surface area contributed by atoms with E-state index in [1.807, 2.05) is 6.92 Å². The average molecular weight is 255 g/mol. The topological polar surface area (TPSA) is 77.8 Å². The molecule has 3 unspecified atom stereocenters. The number of hydrogen-bond donors (Lipinski definition) is 2. The number of nitrogens with zero attached hydrogens (tertiary/aromatic N) is 1. The first-order chi connectivity index (χ1) is 8.54. The van der Waals surface area contributed by atoms with Crippen molar-refractivity contribution >= 4 is 11.9 Å². The van der Waals surface area contributed by atoms with E-state index in [0.29, 0.717) is 19.4 Å². The van der Waals surface area contributed by atoms with Gasteiger partial charge in [-0.1, -0.05) is 6.92 Å². The number of rotatable bonds is 5. The second-order valence-electron chi connectivity index (χ2n) is 5.61. The summed E-state index contributed by atoms with van der Waals surface area (Å²) in [5.74, 6) is -1.59. The molecule has 102 valence electrons. The van der Waals surface area contributed by atoms with Gasteiger partial charge in [-0.15, -0.1) is 0 Å². The zero-order valence-electron chi connectivity index (χ0n) is 10.7. The van der Waals surface area contributed by atoms with Gasteiger partial charge in [-0.05, 0) is 31.6 Å². The molecule has 0 aliphatic heterocycles. The van der Waals surface area contributed by atoms with Crippen molar-refractivity contribution in [2.75, 3.05) is 13.2 Å². The molecule has 0 aromatic rings. The van der Waals surface area contributed by atoms with Crippen molar-refractivity contribution in [1.82, 2.24) is 4.90 Å². The molecule has 18 heavy (non-hydrogen) atoms. The Labute approximate surface area is 107 Å². The Morgan fingerprint density at radius 2 is 1.83 bits per heavy atom. The Balaban J connectivity index is 2.08. The zero-order valence-corrected chi connectivity index (χ0v) is 10.7. The number of hydrogen-bond acceptors (Lipinski definition) is 3. The standard InChI is InChI=1S/C13H21NO4/c1-8-6-10(11(7-8)13(17)18)12(16)14(4-5-15)9-2-3-9/h8-11,15H,2-7H2,1H3,(H,17,18). The SMILES string of the molecule is CC1CC(C(=O)O)C(C(=O)N(CCO)C2CC2)C1. The fraction of sp³-hybridized carbons (Fsp3) is 0.846. The van der Waals surface area contributed by atoms with Crippen molar-refractivity contribution in [3.8, 4) is 0 Å². The molecule has 2 aliphatic carbocycles. The van der Waals surface area contributed by atoms with Crippen LogP contribution in [0, 0.1) is 17.8 Å². The lowest BCUT2D eigenvalue weighted by atomic mass is 9.94. The van der Waals surface area contributed by atoms with Crippen molar-refractivity contribution < 1.29 is 19.8 Å². The van der Waals surface area contributed by atoms with Gasteiger partial charge in [0.1, 0.15) is 0 Å². The Morgan fingerprint density at radius 1 is 1.22 bits per heavy atom. The van der Waals surface area contributed by atoms with E-state index < -0.39 is 17.8 Å². The molecule has 2 rings (SSSR count). The lowest BCUT2D eigenvalue weighted by molar-refractivity contribution is -0.149. The number of aliphatic hydroxyl groups excluding tert-OH is 1. The highest BCUT2D eigenvalue weighted by Gasteiger charge is 2.45. The highest BCUT2D eigenvalue weighted by Crippen LogP contribution is 2.39. The average Bonchev–Trinajstić information content (AvgIpc) is 3.07. The first-order valence-corrected chi connectivity index (χ1v) is 6.68. The summed E-state index contributed by atoms with van der Waals surface area (Å²) in [6.07, 6.45) is 3.20. The van der Waals surface area contributed by atoms with Crippen LogP contribution in [0.25, 0.3) is 0 Å². The van der Waals surface area contributed by atoms with Gasteiger partial charge in [0.25, 0.3) is 0 Å². The lowest BCUT2D eigenvalue weighted by Gasteiger charge is -2.26. The smallest absolute Gasteiger partial charge is 0.307 e. The third-order valence-electron chi connectivity index (χ3n) is 4.04. The Kier molecular flexibility index (Phi) is 3.90. The van der Waals surface area contributed by atoms with Crippen LogP contribution < -0.4 is 0 Å². The van der Waals surface area contributed by atoms with Crippen LogP contribution in [-0.4, -0.2) is 46.2 Å². The first kappa shape index (κ1) is 13.3. The highest BCUT2D eigenvalue weighted by molar-refractivity contribution is 5.85. The van der Waals surface area contributed by atoms with Gasteiger partial charge >= 0.3 is 5.97 Å². The molecule has 5 nitrogen and oxygen atoms in total. The number of carboxylic acids is 1. The third-order valence-corrected chi connectivity index (χ3v) is 4.04. The number of carbonyl (C=O) groups is 2. The molecule has 0 heterocycles. The van der Waals surface area contributed by atoms with Crippen LogP contribution in [0.2, 0.25) is 0 Å². The van der Waals surface area contributed by atoms with Gasteiger partial charge in [0.05, 0.1) is 18.4 Å². The minimum absolute atomic E-state index is 0.0533. The fourth-order valence-corrected chi connectivity index (χ4v) is 3.02. The van der Waals surface area contributed by atoms with Gasteiger partial charge in [0.2, 0.25) is 5.91 Å². The second kappa shape index (κ2) is 5.26. The zero-order chi connectivity index (χ0) is 13.3. The van der Waals surface area contributed by atoms with E-state index in [-0.39, 0.29) is 24.5 Å². The lowest BCUT2D eigenvalue weighted by Crippen LogP contribution is -2.42. The van der Waals surface area contributed by atoms with E-state index in [4.69, 9.17) is 5.11 Å². The number of amides is 1. The first-order valence-electron chi connectivity index (χ1n) is 6.68. The normalized spacial score (nSPS) is 31.3. The van der Waals surface area contributed by atoms with Crippen LogP contribution in [0.5, 0.6) is 0 Å². The summed E-state index contributed by atoms with van der Waals surface area (Å²) in [6, 6.07) is 0.231. The molecular formula is C13H21NO4. The molecule has 2 fully saturated rings. The number of aliphatic hydroxyl groups is 1. The second-order valence-corrected chi connectivity index (χ2v) is 5.61. The quantitative estimate of drug-likeness (QED) is 0.758. The van der Waals surface area contributed by atoms with E-state index in [0.717, 1.165) is 12.8 Å². The van der Waals surface area contributed by atoms with Crippen molar-refractivity contribution in [2.24, 2.45) is 17.8 Å². The van der Waals surface area contributed by atoms with E-state index in [2.05, 4.69) is 0 Å². The van der Waals surface area contributed by atoms with E-state index in [9.17, 15) is 14.7 Å². The number of carbonyl (C=O) groups excluding carboxylic acids is 1. The maximum atomic E-state index is 12.4. The molecule has 0 bridgehead atoms. The van der Waals surface area contributed by atoms with E-state index >= 15 is 0 Å². The summed E-state index contributed by atoms with van der Waals surface area (Å²) in [7, 11) is 0. The Bertz CT molecular complexity index is 340. The van der Waals surface area contributed by atoms with Gasteiger partial charge in [-0.2, -0.15) is 0 Å². The van der Waals surface area contributed by atoms with Crippen LogP contribution in [0.1, 0.15) is 32.6 Å². The molecule has 5 heteroatoms. The summed E-state index contributed by atoms with van der Waals surface area (Å²) < 4.78 is 0. The molecular weight excluding hydrogens is 234 g/mol. The van der Waals surface area contributed by atoms with Crippen LogP contribution >= 0.6 is 0 Å². The predicted octanol–water partition coefficient (Wildman–Crippen LogP) is 0.717. The minimum Gasteiger partial charge on any atom is -0.481 e. The molecule has 2 saturated carbocycles. The van der Waals surface area contributed by atoms with Gasteiger partial charge < -0.3 is 15.1 Å². The summed E-state index contributed by atoms with van der Waals surface area (Å²) in [5.41, 5.74) is 0.